The molecule has 5 aliphatic rings. The van der Waals surface area contributed by atoms with Crippen LogP contribution in [0.1, 0.15) is 58.3 Å². The van der Waals surface area contributed by atoms with Crippen LogP contribution in [0, 0.1) is 29.1 Å². The largest absolute Gasteiger partial charge is 0.326 e. The summed E-state index contributed by atoms with van der Waals surface area (Å²) in [7, 11) is -3.45. The maximum absolute atomic E-state index is 13.2. The number of anilines is 1. The summed E-state index contributed by atoms with van der Waals surface area (Å²) in [5.74, 6) is 2.92. The van der Waals surface area contributed by atoms with Gasteiger partial charge in [-0.3, -0.25) is 4.79 Å². The summed E-state index contributed by atoms with van der Waals surface area (Å²) in [4.78, 5) is 13.5. The minimum atomic E-state index is -3.45. The second-order valence-corrected chi connectivity index (χ2v) is 12.2. The first-order valence-electron chi connectivity index (χ1n) is 11.3. The lowest BCUT2D eigenvalue weighted by Crippen LogP contribution is -2.51. The Hall–Kier alpha value is -1.40. The van der Waals surface area contributed by atoms with Crippen molar-refractivity contribution in [1.82, 2.24) is 4.31 Å². The second-order valence-electron chi connectivity index (χ2n) is 10.3. The van der Waals surface area contributed by atoms with Gasteiger partial charge in [0.05, 0.1) is 10.3 Å². The molecule has 4 aliphatic carbocycles. The Morgan fingerprint density at radius 1 is 0.966 bits per heavy atom. The van der Waals surface area contributed by atoms with Gasteiger partial charge in [-0.25, -0.2) is 8.42 Å². The monoisotopic (exact) mass is 416 g/mol. The molecular formula is C23H32N2O3S. The van der Waals surface area contributed by atoms with Crippen molar-refractivity contribution in [1.29, 1.82) is 0 Å². The highest BCUT2D eigenvalue weighted by Gasteiger charge is 2.54. The minimum Gasteiger partial charge on any atom is -0.326 e. The van der Waals surface area contributed by atoms with E-state index >= 15 is 0 Å². The number of amides is 1. The molecule has 0 unspecified atom stereocenters. The number of piperidine rings is 1. The Morgan fingerprint density at radius 2 is 1.48 bits per heavy atom. The van der Waals surface area contributed by atoms with Crippen LogP contribution in [0.3, 0.4) is 0 Å². The summed E-state index contributed by atoms with van der Waals surface area (Å²) in [5, 5.41) is 3.12. The smallest absolute Gasteiger partial charge is 0.243 e. The van der Waals surface area contributed by atoms with Gasteiger partial charge in [-0.1, -0.05) is 6.92 Å². The lowest BCUT2D eigenvalue weighted by molar-refractivity contribution is -0.140. The van der Waals surface area contributed by atoms with E-state index in [4.69, 9.17) is 0 Å². The molecule has 1 aromatic carbocycles. The van der Waals surface area contributed by atoms with Crippen molar-refractivity contribution in [2.45, 2.75) is 63.2 Å². The molecule has 0 aromatic heterocycles. The van der Waals surface area contributed by atoms with E-state index in [0.717, 1.165) is 49.9 Å². The average Bonchev–Trinajstić information content (AvgIpc) is 2.68. The van der Waals surface area contributed by atoms with Gasteiger partial charge >= 0.3 is 0 Å². The molecule has 6 rings (SSSR count). The molecule has 4 saturated carbocycles. The number of nitrogens with zero attached hydrogens (tertiary/aromatic N) is 1. The third-order valence-corrected chi connectivity index (χ3v) is 9.93. The summed E-state index contributed by atoms with van der Waals surface area (Å²) in [6, 6.07) is 6.78. The molecule has 1 amide bonds. The number of carbonyl (C=O) groups excluding carboxylic acids is 1. The molecule has 0 atom stereocenters. The van der Waals surface area contributed by atoms with E-state index in [1.165, 1.54) is 19.3 Å². The van der Waals surface area contributed by atoms with Gasteiger partial charge in [0.1, 0.15) is 0 Å². The molecular weight excluding hydrogens is 384 g/mol. The standard InChI is InChI=1S/C23H32N2O3S/c1-16-6-8-25(9-7-16)29(27,28)21-4-2-20(3-5-21)24-22(26)23-13-17-10-18(14-23)12-19(11-17)15-23/h2-5,16-19H,6-15H2,1H3,(H,24,26). The van der Waals surface area contributed by atoms with E-state index in [-0.39, 0.29) is 11.3 Å². The molecule has 5 fully saturated rings. The molecule has 0 spiro atoms. The molecule has 1 heterocycles. The Morgan fingerprint density at radius 3 is 2.00 bits per heavy atom. The van der Waals surface area contributed by atoms with Crippen LogP contribution in [0.4, 0.5) is 5.69 Å². The van der Waals surface area contributed by atoms with Crippen molar-refractivity contribution in [3.05, 3.63) is 24.3 Å². The van der Waals surface area contributed by atoms with Crippen LogP contribution in [0.15, 0.2) is 29.2 Å². The van der Waals surface area contributed by atoms with Gasteiger partial charge in [-0.15, -0.1) is 0 Å². The number of hydrogen-bond donors (Lipinski definition) is 1. The van der Waals surface area contributed by atoms with Crippen molar-refractivity contribution in [3.8, 4) is 0 Å². The zero-order valence-corrected chi connectivity index (χ0v) is 18.1. The van der Waals surface area contributed by atoms with Crippen LogP contribution in [0.25, 0.3) is 0 Å². The van der Waals surface area contributed by atoms with E-state index in [1.54, 1.807) is 28.6 Å². The van der Waals surface area contributed by atoms with Gasteiger partial charge in [0, 0.05) is 18.8 Å². The summed E-state index contributed by atoms with van der Waals surface area (Å²) in [6.45, 7) is 3.35. The maximum atomic E-state index is 13.2. The summed E-state index contributed by atoms with van der Waals surface area (Å²) >= 11 is 0. The van der Waals surface area contributed by atoms with Gasteiger partial charge in [0.15, 0.2) is 0 Å². The lowest BCUT2D eigenvalue weighted by atomic mass is 9.49. The number of sulfonamides is 1. The van der Waals surface area contributed by atoms with Crippen molar-refractivity contribution >= 4 is 21.6 Å². The van der Waals surface area contributed by atoms with Crippen molar-refractivity contribution in [3.63, 3.8) is 0 Å². The van der Waals surface area contributed by atoms with E-state index in [1.807, 2.05) is 0 Å². The number of rotatable bonds is 4. The van der Waals surface area contributed by atoms with Crippen molar-refractivity contribution in [2.24, 2.45) is 29.1 Å². The quantitative estimate of drug-likeness (QED) is 0.797. The maximum Gasteiger partial charge on any atom is 0.243 e. The number of benzene rings is 1. The second kappa shape index (κ2) is 7.09. The molecule has 29 heavy (non-hydrogen) atoms. The molecule has 1 N–H and O–H groups in total. The molecule has 0 radical (unpaired) electrons. The first-order chi connectivity index (χ1) is 13.8. The molecule has 6 heteroatoms. The topological polar surface area (TPSA) is 66.5 Å². The van der Waals surface area contributed by atoms with Crippen LogP contribution in [-0.2, 0) is 14.8 Å². The predicted molar refractivity (Wildman–Crippen MR) is 113 cm³/mol. The first-order valence-corrected chi connectivity index (χ1v) is 12.7. The minimum absolute atomic E-state index is 0.150. The fourth-order valence-corrected chi connectivity index (χ4v) is 8.21. The van der Waals surface area contributed by atoms with Crippen LogP contribution in [0.5, 0.6) is 0 Å². The summed E-state index contributed by atoms with van der Waals surface area (Å²) in [6.07, 6.45) is 8.87. The molecule has 5 nitrogen and oxygen atoms in total. The molecule has 1 aromatic rings. The van der Waals surface area contributed by atoms with Crippen LogP contribution >= 0.6 is 0 Å². The first kappa shape index (κ1) is 19.6. The fraction of sp³-hybridized carbons (Fsp3) is 0.696. The van der Waals surface area contributed by atoms with Gasteiger partial charge in [-0.05, 0) is 99.3 Å². The average molecular weight is 417 g/mol. The normalized spacial score (nSPS) is 35.0. The summed E-state index contributed by atoms with van der Waals surface area (Å²) < 4.78 is 27.4. The Labute approximate surface area is 174 Å². The van der Waals surface area contributed by atoms with Gasteiger partial charge in [0.2, 0.25) is 15.9 Å². The molecule has 158 valence electrons. The number of hydrogen-bond acceptors (Lipinski definition) is 3. The number of nitrogens with one attached hydrogen (secondary N) is 1. The Balaban J connectivity index is 1.28. The van der Waals surface area contributed by atoms with Crippen LogP contribution in [0.2, 0.25) is 0 Å². The molecule has 4 bridgehead atoms. The van der Waals surface area contributed by atoms with Crippen LogP contribution in [-0.4, -0.2) is 31.7 Å². The third kappa shape index (κ3) is 3.52. The SMILES string of the molecule is CC1CCN(S(=O)(=O)c2ccc(NC(=O)C34CC5CC(CC(C5)C3)C4)cc2)CC1. The highest BCUT2D eigenvalue weighted by atomic mass is 32.2. The van der Waals surface area contributed by atoms with Crippen LogP contribution < -0.4 is 5.32 Å². The van der Waals surface area contributed by atoms with Gasteiger partial charge < -0.3 is 5.32 Å². The fourth-order valence-electron chi connectivity index (χ4n) is 6.74. The zero-order chi connectivity index (χ0) is 20.2. The summed E-state index contributed by atoms with van der Waals surface area (Å²) in [5.41, 5.74) is 0.515. The number of carbonyl (C=O) groups is 1. The third-order valence-electron chi connectivity index (χ3n) is 8.01. The van der Waals surface area contributed by atoms with E-state index in [2.05, 4.69) is 12.2 Å². The van der Waals surface area contributed by atoms with Crippen molar-refractivity contribution in [2.75, 3.05) is 18.4 Å². The van der Waals surface area contributed by atoms with E-state index < -0.39 is 10.0 Å². The molecule has 1 saturated heterocycles. The predicted octanol–water partition coefficient (Wildman–Crippen LogP) is 4.26. The Bertz CT molecular complexity index is 850. The highest BCUT2D eigenvalue weighted by Crippen LogP contribution is 2.60. The van der Waals surface area contributed by atoms with Gasteiger partial charge in [-0.2, -0.15) is 4.31 Å². The van der Waals surface area contributed by atoms with E-state index in [0.29, 0.717) is 29.6 Å². The zero-order valence-electron chi connectivity index (χ0n) is 17.3. The van der Waals surface area contributed by atoms with Gasteiger partial charge in [0.25, 0.3) is 0 Å². The van der Waals surface area contributed by atoms with E-state index in [9.17, 15) is 13.2 Å². The van der Waals surface area contributed by atoms with Crippen molar-refractivity contribution < 1.29 is 13.2 Å². The lowest BCUT2D eigenvalue weighted by Gasteiger charge is -2.55. The highest BCUT2D eigenvalue weighted by molar-refractivity contribution is 7.89. The Kier molecular flexibility index (Phi) is 4.78. The molecule has 1 aliphatic heterocycles.